The van der Waals surface area contributed by atoms with E-state index >= 15 is 0 Å². The molecule has 204 valence electrons. The molecule has 2 N–H and O–H groups in total. The zero-order chi connectivity index (χ0) is 28.2. The predicted octanol–water partition coefficient (Wildman–Crippen LogP) is 4.02. The molecular formula is C27H25ClN8O4. The molecule has 3 heterocycles. The molecule has 2 aromatic carbocycles. The van der Waals surface area contributed by atoms with Gasteiger partial charge in [-0.25, -0.2) is 9.78 Å². The average molecular weight is 561 g/mol. The number of tetrazole rings is 1. The van der Waals surface area contributed by atoms with Gasteiger partial charge >= 0.3 is 6.09 Å². The fourth-order valence-corrected chi connectivity index (χ4v) is 4.55. The van der Waals surface area contributed by atoms with Gasteiger partial charge < -0.3 is 19.4 Å². The zero-order valence-electron chi connectivity index (χ0n) is 21.7. The lowest BCUT2D eigenvalue weighted by Crippen LogP contribution is -2.32. The first-order valence-corrected chi connectivity index (χ1v) is 12.6. The summed E-state index contributed by atoms with van der Waals surface area (Å²) in [6.45, 7) is 2.61. The Hall–Kier alpha value is -4.81. The van der Waals surface area contributed by atoms with E-state index in [9.17, 15) is 14.7 Å². The number of nitrogens with one attached hydrogen (secondary N) is 1. The van der Waals surface area contributed by atoms with E-state index in [1.165, 1.54) is 23.0 Å². The van der Waals surface area contributed by atoms with Gasteiger partial charge in [-0.15, -0.1) is 5.10 Å². The second kappa shape index (κ2) is 11.5. The number of pyridine rings is 1. The number of anilines is 1. The fraction of sp³-hybridized carbons (Fsp3) is 0.185. The van der Waals surface area contributed by atoms with Crippen LogP contribution in [0, 0.1) is 6.92 Å². The minimum Gasteiger partial charge on any atom is -0.465 e. The number of H-pyrrole nitrogens is 1. The van der Waals surface area contributed by atoms with Crippen molar-refractivity contribution in [2.45, 2.75) is 13.5 Å². The third kappa shape index (κ3) is 5.63. The van der Waals surface area contributed by atoms with Crippen LogP contribution in [0.15, 0.2) is 71.9 Å². The molecule has 0 spiro atoms. The summed E-state index contributed by atoms with van der Waals surface area (Å²) < 4.78 is 8.14. The first kappa shape index (κ1) is 26.8. The molecule has 0 bridgehead atoms. The summed E-state index contributed by atoms with van der Waals surface area (Å²) in [6, 6.07) is 15.8. The number of aryl methyl sites for hydroxylation is 1. The highest BCUT2D eigenvalue weighted by Gasteiger charge is 2.16. The van der Waals surface area contributed by atoms with Crippen LogP contribution in [0.25, 0.3) is 28.1 Å². The molecule has 0 aliphatic heterocycles. The molecule has 0 fully saturated rings. The van der Waals surface area contributed by atoms with Gasteiger partial charge in [-0.05, 0) is 64.9 Å². The van der Waals surface area contributed by atoms with Crippen molar-refractivity contribution < 1.29 is 14.6 Å². The number of carboxylic acid groups (broad SMARTS) is 1. The monoisotopic (exact) mass is 560 g/mol. The van der Waals surface area contributed by atoms with Crippen molar-refractivity contribution in [3.63, 3.8) is 0 Å². The number of hydrogen-bond donors (Lipinski definition) is 2. The maximum absolute atomic E-state index is 13.2. The van der Waals surface area contributed by atoms with Gasteiger partial charge in [0.05, 0.1) is 37.3 Å². The number of imidazole rings is 1. The predicted molar refractivity (Wildman–Crippen MR) is 149 cm³/mol. The van der Waals surface area contributed by atoms with Gasteiger partial charge in [-0.2, -0.15) is 4.68 Å². The highest BCUT2D eigenvalue weighted by Crippen LogP contribution is 2.29. The number of aromatic nitrogens is 7. The van der Waals surface area contributed by atoms with Crippen LogP contribution in [0.5, 0.6) is 0 Å². The van der Waals surface area contributed by atoms with Gasteiger partial charge in [-0.1, -0.05) is 23.7 Å². The molecule has 1 amide bonds. The van der Waals surface area contributed by atoms with Crippen LogP contribution in [0.4, 0.5) is 10.5 Å². The molecule has 0 unspecified atom stereocenters. The Labute approximate surface area is 233 Å². The molecule has 0 atom stereocenters. The van der Waals surface area contributed by atoms with Crippen LogP contribution in [-0.4, -0.2) is 66.2 Å². The van der Waals surface area contributed by atoms with Crippen molar-refractivity contribution >= 4 is 23.4 Å². The number of halogens is 1. The number of rotatable bonds is 9. The smallest absolute Gasteiger partial charge is 0.411 e. The first-order valence-electron chi connectivity index (χ1n) is 12.2. The van der Waals surface area contributed by atoms with Gasteiger partial charge in [0, 0.05) is 35.1 Å². The highest BCUT2D eigenvalue weighted by molar-refractivity contribution is 6.31. The number of benzene rings is 2. The first-order chi connectivity index (χ1) is 19.3. The lowest BCUT2D eigenvalue weighted by molar-refractivity contribution is 0.186. The Morgan fingerprint density at radius 3 is 2.60 bits per heavy atom. The summed E-state index contributed by atoms with van der Waals surface area (Å²) in [6.07, 6.45) is 2.11. The van der Waals surface area contributed by atoms with Crippen LogP contribution in [0.3, 0.4) is 0 Å². The van der Waals surface area contributed by atoms with E-state index in [4.69, 9.17) is 16.3 Å². The highest BCUT2D eigenvalue weighted by atomic mass is 35.5. The molecule has 12 nitrogen and oxygen atoms in total. The third-order valence-corrected chi connectivity index (χ3v) is 6.61. The van der Waals surface area contributed by atoms with Gasteiger partial charge in [0.15, 0.2) is 0 Å². The second-order valence-corrected chi connectivity index (χ2v) is 9.38. The van der Waals surface area contributed by atoms with Crippen molar-refractivity contribution in [2.24, 2.45) is 0 Å². The molecule has 13 heteroatoms. The summed E-state index contributed by atoms with van der Waals surface area (Å²) >= 11 is 6.27. The summed E-state index contributed by atoms with van der Waals surface area (Å²) in [7, 11) is 1.52. The Morgan fingerprint density at radius 2 is 1.93 bits per heavy atom. The van der Waals surface area contributed by atoms with E-state index in [2.05, 4.69) is 25.5 Å². The van der Waals surface area contributed by atoms with E-state index in [-0.39, 0.29) is 25.3 Å². The van der Waals surface area contributed by atoms with E-state index in [0.29, 0.717) is 27.8 Å². The lowest BCUT2D eigenvalue weighted by atomic mass is 10.0. The largest absolute Gasteiger partial charge is 0.465 e. The lowest BCUT2D eigenvalue weighted by Gasteiger charge is -2.19. The topological polar surface area (TPSA) is 144 Å². The van der Waals surface area contributed by atoms with E-state index < -0.39 is 6.09 Å². The summed E-state index contributed by atoms with van der Waals surface area (Å²) in [5.41, 5.74) is 4.74. The van der Waals surface area contributed by atoms with Crippen LogP contribution in [0.1, 0.15) is 11.5 Å². The molecular weight excluding hydrogens is 536 g/mol. The average Bonchev–Trinajstić information content (AvgIpc) is 3.64. The van der Waals surface area contributed by atoms with Crippen LogP contribution < -0.4 is 10.5 Å². The van der Waals surface area contributed by atoms with Crippen LogP contribution in [0.2, 0.25) is 5.02 Å². The molecule has 5 aromatic rings. The van der Waals surface area contributed by atoms with Crippen molar-refractivity contribution in [3.05, 3.63) is 94.0 Å². The van der Waals surface area contributed by atoms with Crippen molar-refractivity contribution in [1.29, 1.82) is 0 Å². The number of amides is 1. The Kier molecular flexibility index (Phi) is 7.71. The SMILES string of the molecule is COCCN(C(=O)O)c1ccc(-c2cnc(Cn3c(C)cc(-c4cc(Cl)ccc4-n4cnnn4)cc3=O)[nH]2)cc1. The Bertz CT molecular complexity index is 1700. The molecule has 0 radical (unpaired) electrons. The maximum Gasteiger partial charge on any atom is 0.411 e. The summed E-state index contributed by atoms with van der Waals surface area (Å²) in [4.78, 5) is 33.7. The maximum atomic E-state index is 13.2. The normalized spacial score (nSPS) is 11.1. The Morgan fingerprint density at radius 1 is 1.12 bits per heavy atom. The number of nitrogens with zero attached hydrogens (tertiary/aromatic N) is 7. The molecule has 5 rings (SSSR count). The standard InChI is InChI=1S/C27H25ClN8O4/c1-17-11-19(22-13-20(28)5-8-24(22)36-16-30-32-33-36)12-26(37)35(17)15-25-29-14-23(31-25)18-3-6-21(7-4-18)34(27(38)39)9-10-40-2/h3-8,11-14,16H,9-10,15H2,1-2H3,(H,29,31)(H,38,39). The van der Waals surface area contributed by atoms with Crippen molar-refractivity contribution in [2.75, 3.05) is 25.2 Å². The third-order valence-electron chi connectivity index (χ3n) is 6.38. The molecule has 0 aliphatic rings. The number of aromatic amines is 1. The number of ether oxygens (including phenoxy) is 1. The minimum atomic E-state index is -1.05. The van der Waals surface area contributed by atoms with E-state index in [0.717, 1.165) is 22.5 Å². The zero-order valence-corrected chi connectivity index (χ0v) is 22.4. The number of methoxy groups -OCH3 is 1. The number of hydrogen-bond acceptors (Lipinski definition) is 7. The molecule has 0 saturated heterocycles. The molecule has 0 saturated carbocycles. The quantitative estimate of drug-likeness (QED) is 0.275. The van der Waals surface area contributed by atoms with Gasteiger partial charge in [0.1, 0.15) is 12.2 Å². The van der Waals surface area contributed by atoms with Gasteiger partial charge in [-0.3, -0.25) is 9.69 Å². The summed E-state index contributed by atoms with van der Waals surface area (Å²) in [5, 5.41) is 21.4. The van der Waals surface area contributed by atoms with Crippen molar-refractivity contribution in [3.8, 4) is 28.1 Å². The van der Waals surface area contributed by atoms with Crippen molar-refractivity contribution in [1.82, 2.24) is 34.7 Å². The van der Waals surface area contributed by atoms with E-state index in [1.54, 1.807) is 47.2 Å². The molecule has 3 aromatic heterocycles. The number of carbonyl (C=O) groups is 1. The van der Waals surface area contributed by atoms with Gasteiger partial charge in [0.25, 0.3) is 5.56 Å². The minimum absolute atomic E-state index is 0.204. The second-order valence-electron chi connectivity index (χ2n) is 8.94. The fourth-order valence-electron chi connectivity index (χ4n) is 4.38. The van der Waals surface area contributed by atoms with E-state index in [1.807, 2.05) is 25.1 Å². The Balaban J connectivity index is 1.38. The molecule has 0 aliphatic carbocycles. The summed E-state index contributed by atoms with van der Waals surface area (Å²) in [5.74, 6) is 0.599. The molecule has 40 heavy (non-hydrogen) atoms. The van der Waals surface area contributed by atoms with Crippen LogP contribution in [-0.2, 0) is 11.3 Å². The van der Waals surface area contributed by atoms with Crippen LogP contribution >= 0.6 is 11.6 Å². The van der Waals surface area contributed by atoms with Gasteiger partial charge in [0.2, 0.25) is 0 Å².